The van der Waals surface area contributed by atoms with Gasteiger partial charge < -0.3 is 15.6 Å². The van der Waals surface area contributed by atoms with Crippen LogP contribution in [0.25, 0.3) is 0 Å². The molecule has 2 aromatic rings. The summed E-state index contributed by atoms with van der Waals surface area (Å²) in [4.78, 5) is 8.22. The summed E-state index contributed by atoms with van der Waals surface area (Å²) in [6.45, 7) is 0.521. The van der Waals surface area contributed by atoms with Crippen LogP contribution in [0.4, 0.5) is 0 Å². The van der Waals surface area contributed by atoms with E-state index in [2.05, 4.69) is 9.97 Å². The zero-order valence-corrected chi connectivity index (χ0v) is 9.21. The van der Waals surface area contributed by atoms with Crippen LogP contribution in [-0.4, -0.2) is 21.6 Å². The SMILES string of the molecule is NCCc1ncc(Oc2cccc(O)c2)cn1. The Balaban J connectivity index is 2.08. The molecule has 0 amide bonds. The molecule has 0 saturated heterocycles. The Morgan fingerprint density at radius 1 is 1.18 bits per heavy atom. The van der Waals surface area contributed by atoms with Crippen LogP contribution in [0.2, 0.25) is 0 Å². The fourth-order valence-electron chi connectivity index (χ4n) is 1.34. The zero-order valence-electron chi connectivity index (χ0n) is 9.21. The number of rotatable bonds is 4. The van der Waals surface area contributed by atoms with Crippen LogP contribution in [-0.2, 0) is 6.42 Å². The molecule has 0 fully saturated rings. The van der Waals surface area contributed by atoms with Gasteiger partial charge in [0, 0.05) is 12.5 Å². The molecule has 5 nitrogen and oxygen atoms in total. The molecule has 3 N–H and O–H groups in total. The van der Waals surface area contributed by atoms with Crippen LogP contribution in [0.1, 0.15) is 5.82 Å². The van der Waals surface area contributed by atoms with Crippen molar-refractivity contribution in [2.45, 2.75) is 6.42 Å². The highest BCUT2D eigenvalue weighted by atomic mass is 16.5. The van der Waals surface area contributed by atoms with E-state index in [9.17, 15) is 5.11 Å². The van der Waals surface area contributed by atoms with Gasteiger partial charge in [-0.3, -0.25) is 0 Å². The highest BCUT2D eigenvalue weighted by molar-refractivity contribution is 5.34. The van der Waals surface area contributed by atoms with E-state index in [-0.39, 0.29) is 5.75 Å². The van der Waals surface area contributed by atoms with Gasteiger partial charge in [-0.1, -0.05) is 6.07 Å². The highest BCUT2D eigenvalue weighted by Crippen LogP contribution is 2.23. The van der Waals surface area contributed by atoms with Crippen LogP contribution in [0.15, 0.2) is 36.7 Å². The zero-order chi connectivity index (χ0) is 12.1. The number of aromatic nitrogens is 2. The summed E-state index contributed by atoms with van der Waals surface area (Å²) in [6, 6.07) is 6.54. The summed E-state index contributed by atoms with van der Waals surface area (Å²) in [5.74, 6) is 1.91. The standard InChI is InChI=1S/C12H13N3O2/c13-5-4-12-14-7-11(8-15-12)17-10-3-1-2-9(16)6-10/h1-3,6-8,16H,4-5,13H2. The van der Waals surface area contributed by atoms with Gasteiger partial charge in [-0.05, 0) is 18.7 Å². The van der Waals surface area contributed by atoms with Crippen molar-refractivity contribution < 1.29 is 9.84 Å². The largest absolute Gasteiger partial charge is 0.508 e. The first-order chi connectivity index (χ1) is 8.28. The first-order valence-corrected chi connectivity index (χ1v) is 5.26. The van der Waals surface area contributed by atoms with E-state index >= 15 is 0 Å². The van der Waals surface area contributed by atoms with E-state index in [1.54, 1.807) is 30.6 Å². The van der Waals surface area contributed by atoms with Gasteiger partial charge >= 0.3 is 0 Å². The van der Waals surface area contributed by atoms with Gasteiger partial charge in [0.25, 0.3) is 0 Å². The van der Waals surface area contributed by atoms with Gasteiger partial charge in [-0.2, -0.15) is 0 Å². The van der Waals surface area contributed by atoms with Crippen molar-refractivity contribution >= 4 is 0 Å². The molecular formula is C12H13N3O2. The third-order valence-corrected chi connectivity index (χ3v) is 2.10. The smallest absolute Gasteiger partial charge is 0.164 e. The third kappa shape index (κ3) is 3.15. The Morgan fingerprint density at radius 2 is 1.94 bits per heavy atom. The van der Waals surface area contributed by atoms with E-state index in [4.69, 9.17) is 10.5 Å². The molecule has 5 heteroatoms. The first-order valence-electron chi connectivity index (χ1n) is 5.26. The number of phenolic OH excluding ortho intramolecular Hbond substituents is 1. The number of phenols is 1. The lowest BCUT2D eigenvalue weighted by Crippen LogP contribution is -2.06. The molecule has 1 heterocycles. The molecule has 88 valence electrons. The molecule has 1 aromatic carbocycles. The molecule has 1 aromatic heterocycles. The van der Waals surface area contributed by atoms with Crippen molar-refractivity contribution in [2.75, 3.05) is 6.54 Å². The Labute approximate surface area is 98.9 Å². The maximum atomic E-state index is 9.28. The Kier molecular flexibility index (Phi) is 3.52. The van der Waals surface area contributed by atoms with Crippen molar-refractivity contribution in [3.8, 4) is 17.2 Å². The Bertz CT molecular complexity index is 485. The van der Waals surface area contributed by atoms with Crippen molar-refractivity contribution in [1.29, 1.82) is 0 Å². The lowest BCUT2D eigenvalue weighted by Gasteiger charge is -2.05. The molecule has 17 heavy (non-hydrogen) atoms. The fourth-order valence-corrected chi connectivity index (χ4v) is 1.34. The lowest BCUT2D eigenvalue weighted by atomic mass is 10.3. The number of benzene rings is 1. The van der Waals surface area contributed by atoms with Gasteiger partial charge in [0.05, 0.1) is 12.4 Å². The lowest BCUT2D eigenvalue weighted by molar-refractivity contribution is 0.452. The minimum absolute atomic E-state index is 0.156. The topological polar surface area (TPSA) is 81.3 Å². The summed E-state index contributed by atoms with van der Waals surface area (Å²) < 4.78 is 5.48. The van der Waals surface area contributed by atoms with Gasteiger partial charge in [-0.25, -0.2) is 9.97 Å². The number of nitrogens with zero attached hydrogens (tertiary/aromatic N) is 2. The summed E-state index contributed by atoms with van der Waals surface area (Å²) in [5, 5.41) is 9.28. The second kappa shape index (κ2) is 5.27. The second-order valence-corrected chi connectivity index (χ2v) is 3.47. The van der Waals surface area contributed by atoms with Crippen molar-refractivity contribution in [2.24, 2.45) is 5.73 Å². The third-order valence-electron chi connectivity index (χ3n) is 2.10. The molecule has 0 radical (unpaired) electrons. The molecule has 0 bridgehead atoms. The molecule has 0 aliphatic rings. The summed E-state index contributed by atoms with van der Waals surface area (Å²) in [6.07, 6.45) is 3.82. The quantitative estimate of drug-likeness (QED) is 0.832. The van der Waals surface area contributed by atoms with Gasteiger partial charge in [0.1, 0.15) is 17.3 Å². The summed E-state index contributed by atoms with van der Waals surface area (Å²) in [7, 11) is 0. The maximum Gasteiger partial charge on any atom is 0.164 e. The summed E-state index contributed by atoms with van der Waals surface area (Å²) >= 11 is 0. The van der Waals surface area contributed by atoms with Crippen LogP contribution < -0.4 is 10.5 Å². The predicted octanol–water partition coefficient (Wildman–Crippen LogP) is 1.48. The molecular weight excluding hydrogens is 218 g/mol. The molecule has 0 saturated carbocycles. The van der Waals surface area contributed by atoms with E-state index < -0.39 is 0 Å². The normalized spacial score (nSPS) is 10.2. The first kappa shape index (κ1) is 11.3. The number of hydrogen-bond acceptors (Lipinski definition) is 5. The Morgan fingerprint density at radius 3 is 2.59 bits per heavy atom. The Hall–Kier alpha value is -2.14. The number of hydrogen-bond donors (Lipinski definition) is 2. The minimum atomic E-state index is 0.156. The van der Waals surface area contributed by atoms with Gasteiger partial charge in [0.15, 0.2) is 5.75 Å². The molecule has 0 aliphatic carbocycles. The minimum Gasteiger partial charge on any atom is -0.508 e. The van der Waals surface area contributed by atoms with Crippen molar-refractivity contribution in [3.63, 3.8) is 0 Å². The van der Waals surface area contributed by atoms with E-state index in [0.717, 1.165) is 0 Å². The van der Waals surface area contributed by atoms with Crippen molar-refractivity contribution in [3.05, 3.63) is 42.5 Å². The molecule has 0 spiro atoms. The molecule has 0 unspecified atom stereocenters. The van der Waals surface area contributed by atoms with Crippen LogP contribution >= 0.6 is 0 Å². The average Bonchev–Trinajstić information content (AvgIpc) is 2.32. The monoisotopic (exact) mass is 231 g/mol. The molecule has 0 aliphatic heterocycles. The van der Waals surface area contributed by atoms with Crippen molar-refractivity contribution in [1.82, 2.24) is 9.97 Å². The fraction of sp³-hybridized carbons (Fsp3) is 0.167. The van der Waals surface area contributed by atoms with Crippen LogP contribution in [0, 0.1) is 0 Å². The van der Waals surface area contributed by atoms with E-state index in [1.165, 1.54) is 6.07 Å². The van der Waals surface area contributed by atoms with Gasteiger partial charge in [-0.15, -0.1) is 0 Å². The molecule has 2 rings (SSSR count). The number of nitrogens with two attached hydrogens (primary N) is 1. The summed E-state index contributed by atoms with van der Waals surface area (Å²) in [5.41, 5.74) is 5.40. The number of aromatic hydroxyl groups is 1. The van der Waals surface area contributed by atoms with E-state index in [0.29, 0.717) is 30.3 Å². The maximum absolute atomic E-state index is 9.28. The number of ether oxygens (including phenoxy) is 1. The van der Waals surface area contributed by atoms with Crippen LogP contribution in [0.5, 0.6) is 17.2 Å². The van der Waals surface area contributed by atoms with Gasteiger partial charge in [0.2, 0.25) is 0 Å². The highest BCUT2D eigenvalue weighted by Gasteiger charge is 2.00. The van der Waals surface area contributed by atoms with E-state index in [1.807, 2.05) is 0 Å². The second-order valence-electron chi connectivity index (χ2n) is 3.47. The molecule has 0 atom stereocenters. The average molecular weight is 231 g/mol. The van der Waals surface area contributed by atoms with Crippen LogP contribution in [0.3, 0.4) is 0 Å². The predicted molar refractivity (Wildman–Crippen MR) is 63.0 cm³/mol.